The van der Waals surface area contributed by atoms with Gasteiger partial charge in [-0.25, -0.2) is 8.78 Å². The van der Waals surface area contributed by atoms with Crippen LogP contribution < -0.4 is 15.4 Å². The lowest BCUT2D eigenvalue weighted by Crippen LogP contribution is -2.30. The maximum Gasteiger partial charge on any atom is 0.236 e. The first-order valence-corrected chi connectivity index (χ1v) is 9.15. The van der Waals surface area contributed by atoms with E-state index in [0.29, 0.717) is 10.7 Å². The van der Waals surface area contributed by atoms with Gasteiger partial charge in [-0.3, -0.25) is 5.41 Å². The molecule has 0 bridgehead atoms. The van der Waals surface area contributed by atoms with E-state index in [1.54, 1.807) is 12.1 Å². The van der Waals surface area contributed by atoms with Gasteiger partial charge in [-0.15, -0.1) is 0 Å². The topological polar surface area (TPSA) is 90.3 Å². The fourth-order valence-corrected chi connectivity index (χ4v) is 3.11. The van der Waals surface area contributed by atoms with Gasteiger partial charge in [0, 0.05) is 17.8 Å². The lowest BCUT2D eigenvalue weighted by atomic mass is 10.2. The van der Waals surface area contributed by atoms with E-state index >= 15 is 0 Å². The molecule has 6 nitrogen and oxygen atoms in total. The van der Waals surface area contributed by atoms with Crippen molar-refractivity contribution in [1.82, 2.24) is 9.69 Å². The number of aromatic nitrogens is 1. The highest BCUT2D eigenvalue weighted by molar-refractivity contribution is 7.11. The fraction of sp³-hybridized carbons (Fsp3) is 0.158. The number of para-hydroxylation sites is 1. The molecular formula is C19H18F2N4O2S. The zero-order valence-electron chi connectivity index (χ0n) is 15.1. The van der Waals surface area contributed by atoms with Crippen LogP contribution in [0.1, 0.15) is 19.4 Å². The number of hydrogen-bond acceptors (Lipinski definition) is 6. The van der Waals surface area contributed by atoms with Crippen LogP contribution in [0.15, 0.2) is 42.5 Å². The van der Waals surface area contributed by atoms with Crippen LogP contribution in [-0.4, -0.2) is 21.4 Å². The van der Waals surface area contributed by atoms with Gasteiger partial charge in [0.1, 0.15) is 16.4 Å². The third-order valence-corrected chi connectivity index (χ3v) is 4.36. The second-order valence-electron chi connectivity index (χ2n) is 6.19. The first-order valence-electron chi connectivity index (χ1n) is 8.38. The van der Waals surface area contributed by atoms with Crippen LogP contribution in [0.4, 0.5) is 19.5 Å². The third-order valence-electron chi connectivity index (χ3n) is 3.60. The van der Waals surface area contributed by atoms with Crippen molar-refractivity contribution >= 4 is 28.1 Å². The minimum Gasteiger partial charge on any atom is -0.492 e. The predicted molar refractivity (Wildman–Crippen MR) is 105 cm³/mol. The number of rotatable bonds is 6. The minimum atomic E-state index is -0.695. The van der Waals surface area contributed by atoms with Gasteiger partial charge < -0.3 is 20.5 Å². The van der Waals surface area contributed by atoms with Crippen molar-refractivity contribution in [2.24, 2.45) is 0 Å². The molecule has 0 aliphatic rings. The van der Waals surface area contributed by atoms with Gasteiger partial charge in [0.25, 0.3) is 0 Å². The van der Waals surface area contributed by atoms with E-state index in [9.17, 15) is 13.9 Å². The number of benzene rings is 2. The summed E-state index contributed by atoms with van der Waals surface area (Å²) >= 11 is 0.946. The van der Waals surface area contributed by atoms with Gasteiger partial charge in [-0.1, -0.05) is 12.1 Å². The highest BCUT2D eigenvalue weighted by atomic mass is 32.1. The van der Waals surface area contributed by atoms with Crippen molar-refractivity contribution in [3.8, 4) is 17.4 Å². The molecule has 0 fully saturated rings. The molecule has 4 N–H and O–H groups in total. The van der Waals surface area contributed by atoms with E-state index in [4.69, 9.17) is 10.1 Å². The van der Waals surface area contributed by atoms with E-state index in [0.717, 1.165) is 11.5 Å². The quantitative estimate of drug-likeness (QED) is 0.343. The number of aromatic hydroxyl groups is 1. The van der Waals surface area contributed by atoms with Gasteiger partial charge in [-0.2, -0.15) is 4.37 Å². The van der Waals surface area contributed by atoms with Crippen molar-refractivity contribution in [3.63, 3.8) is 0 Å². The molecule has 0 saturated carbocycles. The average molecular weight is 404 g/mol. The molecule has 0 spiro atoms. The molecule has 0 aliphatic carbocycles. The molecule has 3 rings (SSSR count). The van der Waals surface area contributed by atoms with Crippen LogP contribution in [0.3, 0.4) is 0 Å². The summed E-state index contributed by atoms with van der Waals surface area (Å²) < 4.78 is 37.2. The zero-order chi connectivity index (χ0) is 20.3. The Hall–Kier alpha value is -3.20. The summed E-state index contributed by atoms with van der Waals surface area (Å²) in [6.45, 7) is 3.73. The summed E-state index contributed by atoms with van der Waals surface area (Å²) in [5.41, 5.74) is 0.562. The second kappa shape index (κ2) is 8.22. The van der Waals surface area contributed by atoms with Crippen LogP contribution in [0, 0.1) is 17.0 Å². The number of anilines is 2. The maximum absolute atomic E-state index is 14.4. The summed E-state index contributed by atoms with van der Waals surface area (Å²) in [6.07, 6.45) is 0. The molecule has 9 heteroatoms. The lowest BCUT2D eigenvalue weighted by Gasteiger charge is -2.13. The van der Waals surface area contributed by atoms with E-state index in [-0.39, 0.29) is 34.8 Å². The Balaban J connectivity index is 1.80. The van der Waals surface area contributed by atoms with Gasteiger partial charge >= 0.3 is 0 Å². The van der Waals surface area contributed by atoms with E-state index in [1.807, 2.05) is 13.8 Å². The molecular weight excluding hydrogens is 386 g/mol. The van der Waals surface area contributed by atoms with Crippen molar-refractivity contribution in [2.75, 3.05) is 5.32 Å². The largest absolute Gasteiger partial charge is 0.492 e. The molecule has 28 heavy (non-hydrogen) atoms. The first kappa shape index (κ1) is 19.6. The van der Waals surface area contributed by atoms with Crippen LogP contribution in [0.25, 0.3) is 0 Å². The summed E-state index contributed by atoms with van der Waals surface area (Å²) in [4.78, 5) is 0. The van der Waals surface area contributed by atoms with Crippen LogP contribution in [0.2, 0.25) is 0 Å². The number of ether oxygens (including phenoxy) is 1. The lowest BCUT2D eigenvalue weighted by molar-refractivity contribution is 0.415. The van der Waals surface area contributed by atoms with Crippen molar-refractivity contribution in [2.45, 2.75) is 19.9 Å². The normalized spacial score (nSPS) is 10.8. The Morgan fingerprint density at radius 2 is 1.86 bits per heavy atom. The molecule has 3 aromatic rings. The van der Waals surface area contributed by atoms with Crippen LogP contribution in [-0.2, 0) is 0 Å². The standard InChI is InChI=1S/C19H18F2N4O2S/c1-10(2)23-17(22)16-18(26)25-28-19(16)24-11-7-8-15(13(21)9-11)27-14-6-4-3-5-12(14)20/h3-10,24H,1-2H3,(H2,22,23)(H,25,26). The molecule has 2 aromatic carbocycles. The van der Waals surface area contributed by atoms with Gasteiger partial charge in [0.15, 0.2) is 23.1 Å². The summed E-state index contributed by atoms with van der Waals surface area (Å²) in [5.74, 6) is -1.78. The number of nitrogens with one attached hydrogen (secondary N) is 3. The fourth-order valence-electron chi connectivity index (χ4n) is 2.39. The van der Waals surface area contributed by atoms with E-state index in [1.165, 1.54) is 30.3 Å². The smallest absolute Gasteiger partial charge is 0.236 e. The Morgan fingerprint density at radius 3 is 2.54 bits per heavy atom. The maximum atomic E-state index is 14.4. The SMILES string of the molecule is CC(C)NC(=N)c1c(O)nsc1Nc1ccc(Oc2ccccc2F)c(F)c1. The molecule has 1 aromatic heterocycles. The summed E-state index contributed by atoms with van der Waals surface area (Å²) in [5, 5.41) is 24.2. The Bertz CT molecular complexity index is 1010. The molecule has 0 atom stereocenters. The molecule has 146 valence electrons. The molecule has 0 aliphatic heterocycles. The van der Waals surface area contributed by atoms with Crippen LogP contribution in [0.5, 0.6) is 17.4 Å². The zero-order valence-corrected chi connectivity index (χ0v) is 15.9. The van der Waals surface area contributed by atoms with Gasteiger partial charge in [0.05, 0.1) is 0 Å². The number of nitrogens with zero attached hydrogens (tertiary/aromatic N) is 1. The van der Waals surface area contributed by atoms with E-state index < -0.39 is 11.6 Å². The first-order chi connectivity index (χ1) is 13.3. The predicted octanol–water partition coefficient (Wildman–Crippen LogP) is 4.99. The summed E-state index contributed by atoms with van der Waals surface area (Å²) in [7, 11) is 0. The van der Waals surface area contributed by atoms with Crippen molar-refractivity contribution in [3.05, 3.63) is 59.7 Å². The number of amidine groups is 1. The Kier molecular flexibility index (Phi) is 5.74. The monoisotopic (exact) mass is 404 g/mol. The van der Waals surface area contributed by atoms with E-state index in [2.05, 4.69) is 15.0 Å². The van der Waals surface area contributed by atoms with Gasteiger partial charge in [0.2, 0.25) is 5.88 Å². The average Bonchev–Trinajstić information content (AvgIpc) is 2.99. The van der Waals surface area contributed by atoms with Gasteiger partial charge in [-0.05, 0) is 49.6 Å². The third kappa shape index (κ3) is 4.37. The molecule has 0 saturated heterocycles. The highest BCUT2D eigenvalue weighted by Crippen LogP contribution is 2.34. The number of halogens is 2. The molecule has 1 heterocycles. The van der Waals surface area contributed by atoms with Crippen molar-refractivity contribution < 1.29 is 18.6 Å². The molecule has 0 radical (unpaired) electrons. The Morgan fingerprint density at radius 1 is 1.14 bits per heavy atom. The Labute approximate surface area is 164 Å². The second-order valence-corrected chi connectivity index (χ2v) is 6.96. The minimum absolute atomic E-state index is 0.00345. The number of hydrogen-bond donors (Lipinski definition) is 4. The van der Waals surface area contributed by atoms with Crippen molar-refractivity contribution in [1.29, 1.82) is 5.41 Å². The van der Waals surface area contributed by atoms with Crippen LogP contribution >= 0.6 is 11.5 Å². The molecule has 0 amide bonds. The highest BCUT2D eigenvalue weighted by Gasteiger charge is 2.19. The molecule has 0 unspecified atom stereocenters. The summed E-state index contributed by atoms with van der Waals surface area (Å²) in [6, 6.07) is 9.80.